The van der Waals surface area contributed by atoms with E-state index in [4.69, 9.17) is 14.2 Å². The van der Waals surface area contributed by atoms with Crippen molar-refractivity contribution in [2.45, 2.75) is 71.9 Å². The molecule has 0 radical (unpaired) electrons. The van der Waals surface area contributed by atoms with E-state index < -0.39 is 0 Å². The number of carbonyl (C=O) groups excluding carboxylic acids is 1. The molecule has 5 rings (SSSR count). The normalized spacial score (nSPS) is 18.7. The lowest BCUT2D eigenvalue weighted by Crippen LogP contribution is -2.37. The molecule has 1 saturated heterocycles. The molecular formula is C33H41NO5. The van der Waals surface area contributed by atoms with Gasteiger partial charge in [0.2, 0.25) is 0 Å². The Morgan fingerprint density at radius 3 is 2.41 bits per heavy atom. The Balaban J connectivity index is 1.64. The number of ketones is 1. The highest BCUT2D eigenvalue weighted by Gasteiger charge is 2.36. The van der Waals surface area contributed by atoms with Crippen molar-refractivity contribution in [3.05, 3.63) is 57.9 Å². The first-order chi connectivity index (χ1) is 18.7. The molecule has 3 aromatic rings. The summed E-state index contributed by atoms with van der Waals surface area (Å²) in [6, 6.07) is 11.2. The molecule has 39 heavy (non-hydrogen) atoms. The van der Waals surface area contributed by atoms with E-state index in [1.807, 2.05) is 34.9 Å². The quantitative estimate of drug-likeness (QED) is 0.236. The summed E-state index contributed by atoms with van der Waals surface area (Å²) in [5.41, 5.74) is 2.52. The van der Waals surface area contributed by atoms with Crippen LogP contribution in [0.1, 0.15) is 75.7 Å². The number of hydrogen-bond acceptors (Lipinski definition) is 5. The standard InChI is InChI=1S/C33H41NO5/c1-20(2)11-12-21(22-16-18-39-33(3,4)19-22)15-17-34-29-23-9-7-8-10-24(23)30(35)27(29)25-13-14-26(37-5)31(38-6)28(25)32(34)36/h7-10,13-14,20-22H,11-12,15-19H2,1-6H3/t21-,22+/m0/s1. The van der Waals surface area contributed by atoms with Crippen LogP contribution < -0.4 is 15.0 Å². The van der Waals surface area contributed by atoms with Crippen molar-refractivity contribution in [1.29, 1.82) is 0 Å². The minimum atomic E-state index is -0.140. The molecule has 0 spiro atoms. The Morgan fingerprint density at radius 2 is 1.74 bits per heavy atom. The highest BCUT2D eigenvalue weighted by Crippen LogP contribution is 2.44. The minimum absolute atomic E-state index is 0.0471. The summed E-state index contributed by atoms with van der Waals surface area (Å²) >= 11 is 0. The Kier molecular flexibility index (Phi) is 7.60. The smallest absolute Gasteiger partial charge is 0.262 e. The number of nitrogens with zero attached hydrogens (tertiary/aromatic N) is 1. The third-order valence-corrected chi connectivity index (χ3v) is 8.67. The molecule has 1 aliphatic carbocycles. The second kappa shape index (κ2) is 10.8. The fourth-order valence-electron chi connectivity index (χ4n) is 6.73. The maximum atomic E-state index is 14.3. The van der Waals surface area contributed by atoms with E-state index in [-0.39, 0.29) is 16.9 Å². The number of carbonyl (C=O) groups is 1. The maximum absolute atomic E-state index is 14.3. The third-order valence-electron chi connectivity index (χ3n) is 8.67. The van der Waals surface area contributed by atoms with Gasteiger partial charge < -0.3 is 18.8 Å². The predicted molar refractivity (Wildman–Crippen MR) is 155 cm³/mol. The molecule has 0 N–H and O–H groups in total. The van der Waals surface area contributed by atoms with Gasteiger partial charge >= 0.3 is 0 Å². The van der Waals surface area contributed by atoms with Crippen LogP contribution in [0, 0.1) is 17.8 Å². The summed E-state index contributed by atoms with van der Waals surface area (Å²) in [6.07, 6.45) is 5.21. The number of pyridine rings is 1. The summed E-state index contributed by atoms with van der Waals surface area (Å²) in [5.74, 6) is 2.44. The first-order valence-electron chi connectivity index (χ1n) is 14.3. The van der Waals surface area contributed by atoms with Crippen LogP contribution in [-0.4, -0.2) is 36.8 Å². The summed E-state index contributed by atoms with van der Waals surface area (Å²) < 4.78 is 19.1. The van der Waals surface area contributed by atoms with Crippen molar-refractivity contribution in [3.63, 3.8) is 0 Å². The highest BCUT2D eigenvalue weighted by atomic mass is 16.5. The van der Waals surface area contributed by atoms with Gasteiger partial charge in [0.25, 0.3) is 5.56 Å². The minimum Gasteiger partial charge on any atom is -0.493 e. The molecule has 6 heteroatoms. The number of rotatable bonds is 9. The molecule has 0 saturated carbocycles. The number of benzene rings is 2. The molecule has 0 unspecified atom stereocenters. The van der Waals surface area contributed by atoms with Crippen LogP contribution in [-0.2, 0) is 11.3 Å². The monoisotopic (exact) mass is 531 g/mol. The zero-order valence-electron chi connectivity index (χ0n) is 24.1. The topological polar surface area (TPSA) is 66.8 Å². The number of hydrogen-bond donors (Lipinski definition) is 0. The molecular weight excluding hydrogens is 490 g/mol. The average molecular weight is 532 g/mol. The van der Waals surface area contributed by atoms with Gasteiger partial charge in [-0.2, -0.15) is 0 Å². The van der Waals surface area contributed by atoms with Gasteiger partial charge in [0.15, 0.2) is 17.3 Å². The lowest BCUT2D eigenvalue weighted by atomic mass is 9.75. The van der Waals surface area contributed by atoms with Crippen molar-refractivity contribution in [1.82, 2.24) is 4.57 Å². The van der Waals surface area contributed by atoms with Gasteiger partial charge in [0, 0.05) is 29.7 Å². The number of fused-ring (bicyclic) bond motifs is 5. The van der Waals surface area contributed by atoms with Gasteiger partial charge in [0.05, 0.1) is 36.5 Å². The van der Waals surface area contributed by atoms with Crippen molar-refractivity contribution in [3.8, 4) is 22.8 Å². The van der Waals surface area contributed by atoms with Crippen LogP contribution in [0.25, 0.3) is 22.0 Å². The second-order valence-electron chi connectivity index (χ2n) is 12.2. The molecule has 1 aromatic heterocycles. The molecule has 1 aliphatic heterocycles. The van der Waals surface area contributed by atoms with Crippen LogP contribution in [0.4, 0.5) is 0 Å². The van der Waals surface area contributed by atoms with E-state index in [1.165, 1.54) is 0 Å². The van der Waals surface area contributed by atoms with Gasteiger partial charge in [-0.15, -0.1) is 0 Å². The number of ether oxygens (including phenoxy) is 3. The molecule has 0 bridgehead atoms. The predicted octanol–water partition coefficient (Wildman–Crippen LogP) is 6.88. The van der Waals surface area contributed by atoms with Gasteiger partial charge in [-0.25, -0.2) is 0 Å². The van der Waals surface area contributed by atoms with Crippen LogP contribution in [0.2, 0.25) is 0 Å². The molecule has 208 valence electrons. The van der Waals surface area contributed by atoms with E-state index in [2.05, 4.69) is 27.7 Å². The Hall–Kier alpha value is -3.12. The Labute approximate surface area is 231 Å². The first-order valence-corrected chi connectivity index (χ1v) is 14.3. The molecule has 2 heterocycles. The molecule has 1 fully saturated rings. The summed E-state index contributed by atoms with van der Waals surface area (Å²) in [6.45, 7) is 10.2. The molecule has 2 aliphatic rings. The van der Waals surface area contributed by atoms with Crippen LogP contribution in [0.3, 0.4) is 0 Å². The fourth-order valence-corrected chi connectivity index (χ4v) is 6.73. The van der Waals surface area contributed by atoms with Crippen LogP contribution in [0.5, 0.6) is 11.5 Å². The van der Waals surface area contributed by atoms with Crippen molar-refractivity contribution >= 4 is 16.6 Å². The zero-order chi connectivity index (χ0) is 27.9. The van der Waals surface area contributed by atoms with Crippen LogP contribution in [0.15, 0.2) is 41.2 Å². The first kappa shape index (κ1) is 27.4. The van der Waals surface area contributed by atoms with E-state index in [0.717, 1.165) is 50.0 Å². The largest absolute Gasteiger partial charge is 0.493 e. The average Bonchev–Trinajstić information content (AvgIpc) is 3.21. The van der Waals surface area contributed by atoms with E-state index in [1.54, 1.807) is 20.3 Å². The zero-order valence-corrected chi connectivity index (χ0v) is 24.1. The van der Waals surface area contributed by atoms with Gasteiger partial charge in [-0.3, -0.25) is 9.59 Å². The van der Waals surface area contributed by atoms with Gasteiger partial charge in [-0.1, -0.05) is 44.5 Å². The fraction of sp³-hybridized carbons (Fsp3) is 0.515. The maximum Gasteiger partial charge on any atom is 0.262 e. The molecule has 2 aromatic carbocycles. The van der Waals surface area contributed by atoms with E-state index in [0.29, 0.717) is 57.7 Å². The highest BCUT2D eigenvalue weighted by molar-refractivity contribution is 6.27. The van der Waals surface area contributed by atoms with E-state index in [9.17, 15) is 9.59 Å². The lowest BCUT2D eigenvalue weighted by Gasteiger charge is -2.39. The lowest BCUT2D eigenvalue weighted by molar-refractivity contribution is -0.0843. The van der Waals surface area contributed by atoms with Gasteiger partial charge in [0.1, 0.15) is 0 Å². The SMILES string of the molecule is COc1ccc2c3c(n(CC[C@H](CCC(C)C)[C@@H]4CCOC(C)(C)C4)c(=O)c2c1OC)-c1ccccc1C3=O. The summed E-state index contributed by atoms with van der Waals surface area (Å²) in [5, 5.41) is 1.02. The van der Waals surface area contributed by atoms with Crippen molar-refractivity contribution in [2.24, 2.45) is 17.8 Å². The number of aromatic nitrogens is 1. The van der Waals surface area contributed by atoms with E-state index >= 15 is 0 Å². The Bertz CT molecular complexity index is 1450. The van der Waals surface area contributed by atoms with Crippen molar-refractivity contribution < 1.29 is 19.0 Å². The van der Waals surface area contributed by atoms with Gasteiger partial charge in [-0.05, 0) is 69.4 Å². The third kappa shape index (κ3) is 5.00. The van der Waals surface area contributed by atoms with Crippen molar-refractivity contribution in [2.75, 3.05) is 20.8 Å². The molecule has 2 atom stereocenters. The summed E-state index contributed by atoms with van der Waals surface area (Å²) in [7, 11) is 3.10. The molecule has 6 nitrogen and oxygen atoms in total. The second-order valence-corrected chi connectivity index (χ2v) is 12.2. The summed E-state index contributed by atoms with van der Waals surface area (Å²) in [4.78, 5) is 28.1. The molecule has 0 amide bonds. The van der Waals surface area contributed by atoms with Crippen LogP contribution >= 0.6 is 0 Å². The Morgan fingerprint density at radius 1 is 1.00 bits per heavy atom. The number of methoxy groups -OCH3 is 2.